The number of halogens is 2. The molecule has 2 aromatic rings. The van der Waals surface area contributed by atoms with Crippen LogP contribution in [0.3, 0.4) is 0 Å². The van der Waals surface area contributed by atoms with Gasteiger partial charge in [-0.3, -0.25) is 9.13 Å². The van der Waals surface area contributed by atoms with E-state index < -0.39 is 60.1 Å². The van der Waals surface area contributed by atoms with Crippen LogP contribution in [-0.4, -0.2) is 65.6 Å². The molecule has 6 N–H and O–H groups in total. The van der Waals surface area contributed by atoms with Crippen molar-refractivity contribution in [2.45, 2.75) is 90.1 Å². The number of aliphatic hydroxyl groups excluding tert-OH is 2. The third kappa shape index (κ3) is 5.37. The van der Waals surface area contributed by atoms with Crippen LogP contribution in [-0.2, 0) is 9.47 Å². The standard InChI is InChI=1S/C14H22FN3O2.C12H18FN3O4/c1-5-14(8(2)3)9(4)11(15)12(20-14)18-7-6-10(16)17-13(18)19;1-6(2)12(5-17)9(18)8(13)10(20-12)16-4-3-7(14)15-11(16)19/h6-9,11-12H,5H2,1-4H3,(H2,16,17,19);3-4,6,8-10,17-18H,5H2,1-2H3,(H2,14,15,19)/t9-,11-,12+,14-;8-,9-,10+,12-/m00/s1. The molecule has 2 aromatic heterocycles. The summed E-state index contributed by atoms with van der Waals surface area (Å²) in [6.07, 6.45) is -3.54. The van der Waals surface area contributed by atoms with Gasteiger partial charge in [0.1, 0.15) is 23.3 Å². The lowest BCUT2D eigenvalue weighted by molar-refractivity contribution is -0.153. The van der Waals surface area contributed by atoms with E-state index in [0.717, 1.165) is 4.57 Å². The third-order valence-electron chi connectivity index (χ3n) is 8.28. The van der Waals surface area contributed by atoms with E-state index in [-0.39, 0.29) is 29.4 Å². The number of aliphatic hydroxyl groups is 2. The van der Waals surface area contributed by atoms with Crippen LogP contribution in [0, 0.1) is 17.8 Å². The third-order valence-corrected chi connectivity index (χ3v) is 8.28. The van der Waals surface area contributed by atoms with Crippen LogP contribution in [0.15, 0.2) is 34.1 Å². The Morgan fingerprint density at radius 3 is 1.68 bits per heavy atom. The Balaban J connectivity index is 0.000000220. The Morgan fingerprint density at radius 1 is 0.925 bits per heavy atom. The van der Waals surface area contributed by atoms with Gasteiger partial charge in [-0.05, 0) is 30.4 Å². The number of hydrogen-bond donors (Lipinski definition) is 4. The van der Waals surface area contributed by atoms with E-state index in [2.05, 4.69) is 9.97 Å². The summed E-state index contributed by atoms with van der Waals surface area (Å²) in [6, 6.07) is 2.81. The Bertz CT molecular complexity index is 1190. The van der Waals surface area contributed by atoms with Gasteiger partial charge in [0.15, 0.2) is 24.8 Å². The minimum absolute atomic E-state index is 0.0116. The lowest BCUT2D eigenvalue weighted by atomic mass is 9.77. The van der Waals surface area contributed by atoms with Gasteiger partial charge in [0, 0.05) is 18.3 Å². The summed E-state index contributed by atoms with van der Waals surface area (Å²) in [6.45, 7) is 10.7. The average Bonchev–Trinajstić information content (AvgIpc) is 3.31. The number of anilines is 2. The summed E-state index contributed by atoms with van der Waals surface area (Å²) in [5, 5.41) is 19.5. The molecule has 0 aromatic carbocycles. The number of nitrogens with two attached hydrogens (primary N) is 2. The summed E-state index contributed by atoms with van der Waals surface area (Å²) in [7, 11) is 0. The molecule has 4 heterocycles. The van der Waals surface area contributed by atoms with Crippen LogP contribution in [0.4, 0.5) is 20.4 Å². The predicted molar refractivity (Wildman–Crippen MR) is 144 cm³/mol. The average molecular weight is 571 g/mol. The lowest BCUT2D eigenvalue weighted by Crippen LogP contribution is -2.49. The van der Waals surface area contributed by atoms with Crippen molar-refractivity contribution in [3.63, 3.8) is 0 Å². The minimum atomic E-state index is -1.85. The van der Waals surface area contributed by atoms with Gasteiger partial charge in [-0.15, -0.1) is 0 Å². The second kappa shape index (κ2) is 11.9. The minimum Gasteiger partial charge on any atom is -0.393 e. The molecule has 2 aliphatic heterocycles. The highest BCUT2D eigenvalue weighted by atomic mass is 19.1. The van der Waals surface area contributed by atoms with Gasteiger partial charge in [0.2, 0.25) is 0 Å². The zero-order valence-corrected chi connectivity index (χ0v) is 23.6. The molecule has 0 aliphatic carbocycles. The molecule has 0 bridgehead atoms. The van der Waals surface area contributed by atoms with Crippen molar-refractivity contribution in [3.05, 3.63) is 45.5 Å². The summed E-state index contributed by atoms with van der Waals surface area (Å²) in [5.41, 5.74) is 7.45. The summed E-state index contributed by atoms with van der Waals surface area (Å²) >= 11 is 0. The number of hydrogen-bond acceptors (Lipinski definition) is 10. The molecule has 2 fully saturated rings. The first-order chi connectivity index (χ1) is 18.7. The van der Waals surface area contributed by atoms with Crippen molar-refractivity contribution in [1.29, 1.82) is 0 Å². The zero-order chi connectivity index (χ0) is 30.2. The van der Waals surface area contributed by atoms with E-state index in [4.69, 9.17) is 20.9 Å². The molecule has 2 aliphatic rings. The quantitative estimate of drug-likeness (QED) is 0.398. The van der Waals surface area contributed by atoms with Gasteiger partial charge in [0.25, 0.3) is 0 Å². The number of aromatic nitrogens is 4. The Morgan fingerprint density at radius 2 is 1.35 bits per heavy atom. The van der Waals surface area contributed by atoms with Gasteiger partial charge in [-0.2, -0.15) is 9.97 Å². The second-order valence-corrected chi connectivity index (χ2v) is 11.0. The van der Waals surface area contributed by atoms with E-state index in [9.17, 15) is 28.6 Å². The van der Waals surface area contributed by atoms with Crippen LogP contribution in [0.2, 0.25) is 0 Å². The SMILES string of the molecule is CC(C)[C@]1(CO)O[C@@H](n2ccc(N)nc2=O)[C@@H](F)[C@@H]1O.CC[C@@]1(C(C)C)O[C@@H](n2ccc(N)nc2=O)[C@@H](F)[C@@H]1C. The normalized spacial score (nSPS) is 33.8. The van der Waals surface area contributed by atoms with Gasteiger partial charge >= 0.3 is 11.4 Å². The van der Waals surface area contributed by atoms with Gasteiger partial charge < -0.3 is 31.2 Å². The smallest absolute Gasteiger partial charge is 0.351 e. The molecule has 0 saturated carbocycles. The van der Waals surface area contributed by atoms with E-state index in [1.807, 2.05) is 27.7 Å². The topological polar surface area (TPSA) is 181 Å². The Kier molecular flexibility index (Phi) is 9.39. The molecular weight excluding hydrogens is 530 g/mol. The van der Waals surface area contributed by atoms with Crippen molar-refractivity contribution >= 4 is 11.6 Å². The molecule has 0 amide bonds. The number of nitrogens with zero attached hydrogens (tertiary/aromatic N) is 4. The van der Waals surface area contributed by atoms with E-state index in [1.165, 1.54) is 29.1 Å². The summed E-state index contributed by atoms with van der Waals surface area (Å²) in [5.74, 6) is -0.343. The number of alkyl halides is 2. The lowest BCUT2D eigenvalue weighted by Gasteiger charge is -2.35. The van der Waals surface area contributed by atoms with E-state index >= 15 is 0 Å². The number of ether oxygens (including phenoxy) is 2. The Labute approximate surface area is 230 Å². The molecule has 4 rings (SSSR count). The summed E-state index contributed by atoms with van der Waals surface area (Å²) < 4.78 is 42.5. The molecule has 12 nitrogen and oxygen atoms in total. The molecule has 14 heteroatoms. The molecular formula is C26H40F2N6O6. The largest absolute Gasteiger partial charge is 0.393 e. The van der Waals surface area contributed by atoms with Crippen molar-refractivity contribution in [2.24, 2.45) is 17.8 Å². The molecule has 0 unspecified atom stereocenters. The first kappa shape index (κ1) is 31.6. The molecule has 2 saturated heterocycles. The highest BCUT2D eigenvalue weighted by molar-refractivity contribution is 5.24. The summed E-state index contributed by atoms with van der Waals surface area (Å²) in [4.78, 5) is 30.7. The maximum atomic E-state index is 14.6. The second-order valence-electron chi connectivity index (χ2n) is 11.0. The fourth-order valence-corrected chi connectivity index (χ4v) is 5.62. The van der Waals surface area contributed by atoms with Crippen molar-refractivity contribution < 1.29 is 28.5 Å². The molecule has 8 atom stereocenters. The molecule has 0 radical (unpaired) electrons. The van der Waals surface area contributed by atoms with Crippen molar-refractivity contribution in [1.82, 2.24) is 19.1 Å². The first-order valence-electron chi connectivity index (χ1n) is 13.3. The van der Waals surface area contributed by atoms with Crippen LogP contribution in [0.1, 0.15) is 60.4 Å². The van der Waals surface area contributed by atoms with Crippen molar-refractivity contribution in [3.8, 4) is 0 Å². The van der Waals surface area contributed by atoms with E-state index in [0.29, 0.717) is 6.42 Å². The monoisotopic (exact) mass is 570 g/mol. The molecule has 224 valence electrons. The number of rotatable bonds is 6. The van der Waals surface area contributed by atoms with Gasteiger partial charge in [-0.1, -0.05) is 41.5 Å². The highest BCUT2D eigenvalue weighted by Gasteiger charge is 2.57. The molecule has 0 spiro atoms. The predicted octanol–water partition coefficient (Wildman–Crippen LogP) is 1.57. The fourth-order valence-electron chi connectivity index (χ4n) is 5.62. The van der Waals surface area contributed by atoms with Crippen molar-refractivity contribution in [2.75, 3.05) is 18.1 Å². The zero-order valence-electron chi connectivity index (χ0n) is 23.6. The van der Waals surface area contributed by atoms with E-state index in [1.54, 1.807) is 13.8 Å². The van der Waals surface area contributed by atoms with Gasteiger partial charge in [-0.25, -0.2) is 18.4 Å². The fraction of sp³-hybridized carbons (Fsp3) is 0.692. The maximum absolute atomic E-state index is 14.6. The van der Waals surface area contributed by atoms with Crippen LogP contribution in [0.5, 0.6) is 0 Å². The van der Waals surface area contributed by atoms with Gasteiger partial charge in [0.05, 0.1) is 12.2 Å². The van der Waals surface area contributed by atoms with Crippen LogP contribution >= 0.6 is 0 Å². The Hall–Kier alpha value is -2.94. The highest BCUT2D eigenvalue weighted by Crippen LogP contribution is 2.48. The number of nitrogen functional groups attached to an aromatic ring is 2. The van der Waals surface area contributed by atoms with Crippen LogP contribution in [0.25, 0.3) is 0 Å². The van der Waals surface area contributed by atoms with Crippen LogP contribution < -0.4 is 22.8 Å². The maximum Gasteiger partial charge on any atom is 0.351 e. The first-order valence-corrected chi connectivity index (χ1v) is 13.3. The molecule has 40 heavy (non-hydrogen) atoms.